The number of carbonyl (C=O) groups is 1. The largest absolute Gasteiger partial charge is 0.472 e. The van der Waals surface area contributed by atoms with Gasteiger partial charge in [0.05, 0.1) is 39.9 Å². The summed E-state index contributed by atoms with van der Waals surface area (Å²) < 4.78 is 23.7. The number of unbranched alkanes of at least 4 members (excludes halogenated alkanes) is 41. The van der Waals surface area contributed by atoms with Gasteiger partial charge in [0.2, 0.25) is 5.91 Å². The zero-order valence-corrected chi connectivity index (χ0v) is 51.4. The van der Waals surface area contributed by atoms with Gasteiger partial charge < -0.3 is 19.8 Å². The summed E-state index contributed by atoms with van der Waals surface area (Å²) in [5, 5.41) is 14.0. The number of phosphoric acid groups is 1. The van der Waals surface area contributed by atoms with Crippen molar-refractivity contribution in [2.75, 3.05) is 40.9 Å². The summed E-state index contributed by atoms with van der Waals surface area (Å²) in [6, 6.07) is -0.872. The highest BCUT2D eigenvalue weighted by molar-refractivity contribution is 7.47. The number of carbonyl (C=O) groups excluding carboxylic acids is 1. The number of nitrogens with zero attached hydrogens (tertiary/aromatic N) is 1. The summed E-state index contributed by atoms with van der Waals surface area (Å²) >= 11 is 0. The van der Waals surface area contributed by atoms with E-state index in [1.165, 1.54) is 250 Å². The number of nitrogens with one attached hydrogen (secondary N) is 1. The van der Waals surface area contributed by atoms with Gasteiger partial charge in [0.25, 0.3) is 0 Å². The van der Waals surface area contributed by atoms with E-state index in [1.807, 2.05) is 27.2 Å². The van der Waals surface area contributed by atoms with Gasteiger partial charge >= 0.3 is 7.82 Å². The number of quaternary nitrogens is 1. The lowest BCUT2D eigenvalue weighted by atomic mass is 10.0. The van der Waals surface area contributed by atoms with Crippen LogP contribution in [-0.2, 0) is 18.4 Å². The second kappa shape index (κ2) is 57.2. The Morgan fingerprint density at radius 1 is 0.440 bits per heavy atom. The summed E-state index contributed by atoms with van der Waals surface area (Å²) in [7, 11) is 1.55. The first-order valence-corrected chi connectivity index (χ1v) is 34.0. The van der Waals surface area contributed by atoms with Crippen molar-refractivity contribution in [3.05, 3.63) is 48.6 Å². The van der Waals surface area contributed by atoms with Crippen LogP contribution in [-0.4, -0.2) is 73.4 Å². The Balaban J connectivity index is 4.18. The van der Waals surface area contributed by atoms with Gasteiger partial charge in [0.1, 0.15) is 13.2 Å². The molecule has 0 aromatic carbocycles. The van der Waals surface area contributed by atoms with Crippen LogP contribution < -0.4 is 5.32 Å². The van der Waals surface area contributed by atoms with Crippen LogP contribution in [0.3, 0.4) is 0 Å². The van der Waals surface area contributed by atoms with Crippen LogP contribution in [0.2, 0.25) is 0 Å². The number of rotatable bonds is 60. The van der Waals surface area contributed by atoms with Crippen molar-refractivity contribution in [3.63, 3.8) is 0 Å². The lowest BCUT2D eigenvalue weighted by molar-refractivity contribution is -0.870. The molecule has 0 saturated heterocycles. The normalized spacial score (nSPS) is 14.1. The predicted molar refractivity (Wildman–Crippen MR) is 327 cm³/mol. The molecule has 3 unspecified atom stereocenters. The summed E-state index contributed by atoms with van der Waals surface area (Å²) in [4.78, 5) is 23.4. The minimum atomic E-state index is -4.36. The topological polar surface area (TPSA) is 105 Å². The van der Waals surface area contributed by atoms with Gasteiger partial charge in [-0.1, -0.05) is 287 Å². The number of phosphoric ester groups is 1. The zero-order valence-electron chi connectivity index (χ0n) is 50.6. The summed E-state index contributed by atoms with van der Waals surface area (Å²) in [5.74, 6) is -0.188. The molecule has 0 fully saturated rings. The van der Waals surface area contributed by atoms with Crippen molar-refractivity contribution in [2.45, 2.75) is 328 Å². The summed E-state index contributed by atoms with van der Waals surface area (Å²) in [6.07, 6.45) is 76.8. The average molecular weight is 1080 g/mol. The average Bonchev–Trinajstić information content (AvgIpc) is 3.37. The molecule has 0 bridgehead atoms. The fourth-order valence-electron chi connectivity index (χ4n) is 9.66. The van der Waals surface area contributed by atoms with Gasteiger partial charge in [0, 0.05) is 6.42 Å². The first kappa shape index (κ1) is 73.5. The quantitative estimate of drug-likeness (QED) is 0.0243. The maximum Gasteiger partial charge on any atom is 0.472 e. The van der Waals surface area contributed by atoms with Crippen molar-refractivity contribution >= 4 is 13.7 Å². The Kier molecular flexibility index (Phi) is 56.0. The molecule has 1 amide bonds. The van der Waals surface area contributed by atoms with Gasteiger partial charge in [-0.3, -0.25) is 13.8 Å². The van der Waals surface area contributed by atoms with Gasteiger partial charge in [-0.05, 0) is 70.6 Å². The fraction of sp³-hybridized carbons (Fsp3) is 0.864. The van der Waals surface area contributed by atoms with E-state index in [0.717, 1.165) is 44.9 Å². The molecule has 0 radical (unpaired) electrons. The molecular weight excluding hydrogens is 948 g/mol. The highest BCUT2D eigenvalue weighted by Crippen LogP contribution is 2.43. The van der Waals surface area contributed by atoms with Crippen molar-refractivity contribution in [1.29, 1.82) is 0 Å². The van der Waals surface area contributed by atoms with E-state index in [2.05, 4.69) is 55.6 Å². The molecule has 0 aliphatic carbocycles. The second-order valence-electron chi connectivity index (χ2n) is 23.5. The number of amides is 1. The number of likely N-dealkylation sites (N-methyl/N-ethyl adjacent to an activating group) is 1. The molecule has 0 aliphatic rings. The molecule has 442 valence electrons. The molecule has 8 nitrogen and oxygen atoms in total. The van der Waals surface area contributed by atoms with Crippen molar-refractivity contribution < 1.29 is 32.9 Å². The lowest BCUT2D eigenvalue weighted by Gasteiger charge is -2.25. The van der Waals surface area contributed by atoms with Crippen LogP contribution in [0.15, 0.2) is 48.6 Å². The highest BCUT2D eigenvalue weighted by atomic mass is 31.2. The van der Waals surface area contributed by atoms with E-state index < -0.39 is 20.0 Å². The Labute approximate surface area is 467 Å². The fourth-order valence-corrected chi connectivity index (χ4v) is 10.4. The monoisotopic (exact) mass is 1080 g/mol. The van der Waals surface area contributed by atoms with Crippen LogP contribution >= 0.6 is 7.82 Å². The number of allylic oxidation sites excluding steroid dienone is 7. The van der Waals surface area contributed by atoms with E-state index >= 15 is 0 Å². The smallest absolute Gasteiger partial charge is 0.387 e. The highest BCUT2D eigenvalue weighted by Gasteiger charge is 2.27. The van der Waals surface area contributed by atoms with E-state index in [0.29, 0.717) is 17.4 Å². The molecular formula is C66H128N2O6P+. The first-order chi connectivity index (χ1) is 36.5. The maximum absolute atomic E-state index is 13.0. The Morgan fingerprint density at radius 3 is 1.07 bits per heavy atom. The minimum absolute atomic E-state index is 0.0533. The molecule has 0 spiro atoms. The van der Waals surface area contributed by atoms with Crippen molar-refractivity contribution in [2.24, 2.45) is 0 Å². The van der Waals surface area contributed by atoms with Gasteiger partial charge in [0.15, 0.2) is 0 Å². The number of aliphatic hydroxyl groups is 1. The first-order valence-electron chi connectivity index (χ1n) is 32.5. The van der Waals surface area contributed by atoms with Gasteiger partial charge in [-0.15, -0.1) is 0 Å². The Bertz CT molecular complexity index is 1360. The molecule has 0 aromatic heterocycles. The summed E-state index contributed by atoms with van der Waals surface area (Å²) in [5.41, 5.74) is 0. The molecule has 0 aliphatic heterocycles. The van der Waals surface area contributed by atoms with Crippen LogP contribution in [0.25, 0.3) is 0 Å². The van der Waals surface area contributed by atoms with Crippen LogP contribution in [0.5, 0.6) is 0 Å². The molecule has 0 aromatic rings. The third-order valence-electron chi connectivity index (χ3n) is 14.7. The molecule has 0 rings (SSSR count). The third-order valence-corrected chi connectivity index (χ3v) is 15.7. The van der Waals surface area contributed by atoms with Gasteiger partial charge in [-0.25, -0.2) is 4.57 Å². The van der Waals surface area contributed by atoms with Crippen LogP contribution in [0.4, 0.5) is 0 Å². The maximum atomic E-state index is 13.0. The third kappa shape index (κ3) is 60.0. The zero-order chi connectivity index (χ0) is 54.9. The minimum Gasteiger partial charge on any atom is -0.387 e. The molecule has 0 heterocycles. The van der Waals surface area contributed by atoms with E-state index in [-0.39, 0.29) is 19.1 Å². The Morgan fingerprint density at radius 2 is 0.733 bits per heavy atom. The van der Waals surface area contributed by atoms with E-state index in [1.54, 1.807) is 6.08 Å². The SMILES string of the molecule is CCCCCCCCCC/C=C\CCCCCCCCCCCCCC(=O)NC(COP(=O)(O)OCC[N+](C)(C)C)C(O)/C=C/CC/C=C/CC/C=C/CCCCCCCCCCCCCCCCCCCCCC. The molecule has 3 N–H and O–H groups in total. The molecule has 3 atom stereocenters. The molecule has 75 heavy (non-hydrogen) atoms. The Hall–Kier alpha value is -1.54. The van der Waals surface area contributed by atoms with Crippen molar-refractivity contribution in [1.82, 2.24) is 5.32 Å². The van der Waals surface area contributed by atoms with Crippen LogP contribution in [0, 0.1) is 0 Å². The predicted octanol–water partition coefficient (Wildman–Crippen LogP) is 20.3. The van der Waals surface area contributed by atoms with Gasteiger partial charge in [-0.2, -0.15) is 0 Å². The van der Waals surface area contributed by atoms with Crippen LogP contribution in [0.1, 0.15) is 316 Å². The molecule has 9 heteroatoms. The number of hydrogen-bond acceptors (Lipinski definition) is 5. The number of hydrogen-bond donors (Lipinski definition) is 3. The van der Waals surface area contributed by atoms with Crippen molar-refractivity contribution in [3.8, 4) is 0 Å². The second-order valence-corrected chi connectivity index (χ2v) is 24.9. The van der Waals surface area contributed by atoms with E-state index in [9.17, 15) is 19.4 Å². The lowest BCUT2D eigenvalue weighted by Crippen LogP contribution is -2.45. The standard InChI is InChI=1S/C66H127N2O6P/c1-6-8-10-12-14-16-18-20-22-24-26-28-30-31-32-33-34-35-36-38-39-41-43-45-47-49-51-53-55-57-59-65(69)64(63-74-75(71,72)73-62-61-68(3,4)5)67-66(70)60-58-56-54-52-50-48-46-44-42-40-37-29-27-25-23-21-19-17-15-13-11-9-7-2/h25,27,41,43,49,51,57,59,64-65,69H,6-24,26,28-40,42,44-48,50,52-56,58,60-63H2,1-5H3,(H-,67,70,71,72)/p+1/b27-25-,43-41+,51-49+,59-57+. The summed E-state index contributed by atoms with van der Waals surface area (Å²) in [6.45, 7) is 4.83. The number of aliphatic hydroxyl groups excluding tert-OH is 1. The van der Waals surface area contributed by atoms with E-state index in [4.69, 9.17) is 9.05 Å². The molecule has 0 saturated carbocycles.